The van der Waals surface area contributed by atoms with Crippen LogP contribution in [0.2, 0.25) is 0 Å². The summed E-state index contributed by atoms with van der Waals surface area (Å²) in [6.45, 7) is 1.67. The smallest absolute Gasteiger partial charge is 0.142 e. The van der Waals surface area contributed by atoms with E-state index < -0.39 is 0 Å². The van der Waals surface area contributed by atoms with Gasteiger partial charge in [0.25, 0.3) is 0 Å². The molecule has 0 spiro atoms. The molecule has 4 heteroatoms. The van der Waals surface area contributed by atoms with Crippen molar-refractivity contribution < 1.29 is 13.9 Å². The Hall–Kier alpha value is -0.450. The van der Waals surface area contributed by atoms with Gasteiger partial charge in [0.15, 0.2) is 0 Å². The SMILES string of the molecule is Fc1c(Br)cccc1COC1CCOC1. The van der Waals surface area contributed by atoms with Crippen molar-refractivity contribution in [2.75, 3.05) is 13.2 Å². The van der Waals surface area contributed by atoms with Gasteiger partial charge in [-0.2, -0.15) is 0 Å². The predicted octanol–water partition coefficient (Wildman–Crippen LogP) is 2.89. The molecule has 1 atom stereocenters. The minimum Gasteiger partial charge on any atom is -0.379 e. The second-order valence-corrected chi connectivity index (χ2v) is 4.36. The van der Waals surface area contributed by atoms with Crippen molar-refractivity contribution in [1.29, 1.82) is 0 Å². The molecule has 1 unspecified atom stereocenters. The van der Waals surface area contributed by atoms with Gasteiger partial charge in [0.2, 0.25) is 0 Å². The zero-order valence-electron chi connectivity index (χ0n) is 8.21. The number of ether oxygens (including phenoxy) is 2. The van der Waals surface area contributed by atoms with E-state index in [0.29, 0.717) is 23.2 Å². The van der Waals surface area contributed by atoms with Gasteiger partial charge < -0.3 is 9.47 Å². The molecule has 1 aromatic carbocycles. The van der Waals surface area contributed by atoms with Crippen LogP contribution >= 0.6 is 15.9 Å². The zero-order chi connectivity index (χ0) is 10.7. The van der Waals surface area contributed by atoms with Crippen LogP contribution in [-0.4, -0.2) is 19.3 Å². The van der Waals surface area contributed by atoms with Crippen molar-refractivity contribution in [2.45, 2.75) is 19.1 Å². The molecule has 0 bridgehead atoms. The minimum absolute atomic E-state index is 0.114. The molecule has 0 aliphatic carbocycles. The van der Waals surface area contributed by atoms with Gasteiger partial charge in [-0.05, 0) is 28.4 Å². The Morgan fingerprint density at radius 1 is 1.53 bits per heavy atom. The third-order valence-electron chi connectivity index (χ3n) is 2.39. The highest BCUT2D eigenvalue weighted by molar-refractivity contribution is 9.10. The lowest BCUT2D eigenvalue weighted by atomic mass is 10.2. The fraction of sp³-hybridized carbons (Fsp3) is 0.455. The van der Waals surface area contributed by atoms with Crippen LogP contribution in [0.5, 0.6) is 0 Å². The van der Waals surface area contributed by atoms with E-state index in [4.69, 9.17) is 9.47 Å². The highest BCUT2D eigenvalue weighted by atomic mass is 79.9. The maximum absolute atomic E-state index is 13.5. The maximum Gasteiger partial charge on any atom is 0.142 e. The standard InChI is InChI=1S/C11H12BrFO2/c12-10-3-1-2-8(11(10)13)6-15-9-4-5-14-7-9/h1-3,9H,4-7H2. The maximum atomic E-state index is 13.5. The van der Waals surface area contributed by atoms with E-state index in [1.807, 2.05) is 0 Å². The van der Waals surface area contributed by atoms with Gasteiger partial charge in [-0.3, -0.25) is 0 Å². The van der Waals surface area contributed by atoms with Crippen LogP contribution < -0.4 is 0 Å². The van der Waals surface area contributed by atoms with Crippen molar-refractivity contribution >= 4 is 15.9 Å². The molecule has 1 aromatic rings. The van der Waals surface area contributed by atoms with Gasteiger partial charge in [-0.15, -0.1) is 0 Å². The van der Waals surface area contributed by atoms with Crippen LogP contribution in [0.1, 0.15) is 12.0 Å². The largest absolute Gasteiger partial charge is 0.379 e. The summed E-state index contributed by atoms with van der Waals surface area (Å²) >= 11 is 3.14. The first-order chi connectivity index (χ1) is 7.27. The Bertz CT molecular complexity index is 337. The number of benzene rings is 1. The molecule has 1 aliphatic heterocycles. The average Bonchev–Trinajstić information content (AvgIpc) is 2.73. The minimum atomic E-state index is -0.239. The summed E-state index contributed by atoms with van der Waals surface area (Å²) in [6.07, 6.45) is 1.01. The molecule has 0 aromatic heterocycles. The lowest BCUT2D eigenvalue weighted by Crippen LogP contribution is -2.12. The molecule has 0 N–H and O–H groups in total. The summed E-state index contributed by atoms with van der Waals surface area (Å²) in [4.78, 5) is 0. The van der Waals surface area contributed by atoms with Gasteiger partial charge in [-0.25, -0.2) is 4.39 Å². The Balaban J connectivity index is 1.95. The molecule has 2 nitrogen and oxygen atoms in total. The molecule has 1 fully saturated rings. The molecule has 1 saturated heterocycles. The van der Waals surface area contributed by atoms with E-state index in [1.54, 1.807) is 18.2 Å². The number of halogens is 2. The normalized spacial score (nSPS) is 20.8. The van der Waals surface area contributed by atoms with Crippen molar-refractivity contribution in [3.05, 3.63) is 34.1 Å². The Morgan fingerprint density at radius 3 is 3.13 bits per heavy atom. The van der Waals surface area contributed by atoms with Crippen LogP contribution in [0.3, 0.4) is 0 Å². The second kappa shape index (κ2) is 5.05. The molecular formula is C11H12BrFO2. The summed E-state index contributed by atoms with van der Waals surface area (Å²) in [5.74, 6) is -0.239. The van der Waals surface area contributed by atoms with Crippen LogP contribution in [0, 0.1) is 5.82 Å². The van der Waals surface area contributed by atoms with E-state index in [9.17, 15) is 4.39 Å². The Morgan fingerprint density at radius 2 is 2.40 bits per heavy atom. The van der Waals surface area contributed by atoms with Crippen LogP contribution in [-0.2, 0) is 16.1 Å². The summed E-state index contributed by atoms with van der Waals surface area (Å²) in [5, 5.41) is 0. The van der Waals surface area contributed by atoms with Gasteiger partial charge in [0, 0.05) is 12.2 Å². The van der Waals surface area contributed by atoms with Crippen LogP contribution in [0.15, 0.2) is 22.7 Å². The quantitative estimate of drug-likeness (QED) is 0.844. The first-order valence-electron chi connectivity index (χ1n) is 4.89. The molecule has 0 amide bonds. The van der Waals surface area contributed by atoms with Crippen molar-refractivity contribution in [2.24, 2.45) is 0 Å². The molecule has 15 heavy (non-hydrogen) atoms. The fourth-order valence-corrected chi connectivity index (χ4v) is 1.92. The molecular weight excluding hydrogens is 263 g/mol. The Labute approximate surface area is 96.5 Å². The number of rotatable bonds is 3. The van der Waals surface area contributed by atoms with Crippen molar-refractivity contribution in [3.8, 4) is 0 Å². The fourth-order valence-electron chi connectivity index (χ4n) is 1.51. The van der Waals surface area contributed by atoms with Gasteiger partial charge >= 0.3 is 0 Å². The van der Waals surface area contributed by atoms with E-state index in [1.165, 1.54) is 0 Å². The summed E-state index contributed by atoms with van der Waals surface area (Å²) in [5.41, 5.74) is 0.580. The molecule has 82 valence electrons. The van der Waals surface area contributed by atoms with E-state index in [2.05, 4.69) is 15.9 Å². The van der Waals surface area contributed by atoms with Gasteiger partial charge in [-0.1, -0.05) is 12.1 Å². The first-order valence-corrected chi connectivity index (χ1v) is 5.69. The van der Waals surface area contributed by atoms with E-state index in [-0.39, 0.29) is 11.9 Å². The van der Waals surface area contributed by atoms with Crippen LogP contribution in [0.25, 0.3) is 0 Å². The van der Waals surface area contributed by atoms with E-state index in [0.717, 1.165) is 13.0 Å². The topological polar surface area (TPSA) is 18.5 Å². The average molecular weight is 275 g/mol. The zero-order valence-corrected chi connectivity index (χ0v) is 9.80. The van der Waals surface area contributed by atoms with E-state index >= 15 is 0 Å². The van der Waals surface area contributed by atoms with Gasteiger partial charge in [0.05, 0.1) is 23.8 Å². The van der Waals surface area contributed by atoms with Crippen LogP contribution in [0.4, 0.5) is 4.39 Å². The lowest BCUT2D eigenvalue weighted by molar-refractivity contribution is 0.0304. The molecule has 0 radical (unpaired) electrons. The number of hydrogen-bond acceptors (Lipinski definition) is 2. The van der Waals surface area contributed by atoms with Crippen molar-refractivity contribution in [3.63, 3.8) is 0 Å². The summed E-state index contributed by atoms with van der Waals surface area (Å²) in [6, 6.07) is 5.21. The third kappa shape index (κ3) is 2.77. The number of hydrogen-bond donors (Lipinski definition) is 0. The Kier molecular flexibility index (Phi) is 3.72. The lowest BCUT2D eigenvalue weighted by Gasteiger charge is -2.10. The predicted molar refractivity (Wildman–Crippen MR) is 58.1 cm³/mol. The molecule has 1 heterocycles. The molecule has 2 rings (SSSR count). The monoisotopic (exact) mass is 274 g/mol. The first kappa shape index (κ1) is 11.0. The summed E-state index contributed by atoms with van der Waals surface area (Å²) in [7, 11) is 0. The summed E-state index contributed by atoms with van der Waals surface area (Å²) < 4.78 is 24.7. The van der Waals surface area contributed by atoms with Crippen molar-refractivity contribution in [1.82, 2.24) is 0 Å². The highest BCUT2D eigenvalue weighted by Crippen LogP contribution is 2.20. The second-order valence-electron chi connectivity index (χ2n) is 3.51. The highest BCUT2D eigenvalue weighted by Gasteiger charge is 2.16. The molecule has 0 saturated carbocycles. The van der Waals surface area contributed by atoms with Gasteiger partial charge in [0.1, 0.15) is 5.82 Å². The molecule has 1 aliphatic rings. The third-order valence-corrected chi connectivity index (χ3v) is 3.01.